The first-order valence-electron chi connectivity index (χ1n) is 6.63. The Morgan fingerprint density at radius 2 is 1.90 bits per heavy atom. The van der Waals surface area contributed by atoms with Gasteiger partial charge in [-0.3, -0.25) is 4.79 Å². The van der Waals surface area contributed by atoms with Crippen LogP contribution in [-0.2, 0) is 11.2 Å². The zero-order chi connectivity index (χ0) is 15.4. The lowest BCUT2D eigenvalue weighted by atomic mass is 9.89. The first-order valence-corrected chi connectivity index (χ1v) is 7.01. The Morgan fingerprint density at radius 1 is 1.24 bits per heavy atom. The Hall–Kier alpha value is -2.00. The average Bonchev–Trinajstić information content (AvgIpc) is 2.46. The number of hydrogen-bond donors (Lipinski definition) is 1. The van der Waals surface area contributed by atoms with Gasteiger partial charge in [0.2, 0.25) is 0 Å². The molecule has 0 aliphatic rings. The van der Waals surface area contributed by atoms with Gasteiger partial charge in [-0.2, -0.15) is 0 Å². The summed E-state index contributed by atoms with van der Waals surface area (Å²) in [7, 11) is 1.59. The van der Waals surface area contributed by atoms with Crippen LogP contribution in [0.2, 0.25) is 5.02 Å². The number of carboxylic acids is 1. The van der Waals surface area contributed by atoms with Crippen molar-refractivity contribution in [3.63, 3.8) is 0 Å². The lowest BCUT2D eigenvalue weighted by Gasteiger charge is -2.16. The summed E-state index contributed by atoms with van der Waals surface area (Å²) in [5, 5.41) is 10.2. The van der Waals surface area contributed by atoms with Crippen LogP contribution in [0.3, 0.4) is 0 Å². The lowest BCUT2D eigenvalue weighted by molar-refractivity contribution is -0.138. The highest BCUT2D eigenvalue weighted by molar-refractivity contribution is 6.30. The molecular weight excluding hydrogens is 288 g/mol. The molecule has 2 aromatic rings. The van der Waals surface area contributed by atoms with Crippen LogP contribution in [0.4, 0.5) is 0 Å². The van der Waals surface area contributed by atoms with Crippen molar-refractivity contribution in [2.24, 2.45) is 0 Å². The van der Waals surface area contributed by atoms with Gasteiger partial charge in [0.15, 0.2) is 0 Å². The normalized spacial score (nSPS) is 12.0. The van der Waals surface area contributed by atoms with Crippen molar-refractivity contribution in [3.8, 4) is 5.75 Å². The van der Waals surface area contributed by atoms with E-state index in [2.05, 4.69) is 0 Å². The maximum Gasteiger partial charge on any atom is 0.311 e. The molecular formula is C17H17ClO3. The Kier molecular flexibility index (Phi) is 4.86. The maximum atomic E-state index is 11.6. The van der Waals surface area contributed by atoms with Gasteiger partial charge < -0.3 is 9.84 Å². The highest BCUT2D eigenvalue weighted by Crippen LogP contribution is 2.27. The zero-order valence-electron chi connectivity index (χ0n) is 12.0. The van der Waals surface area contributed by atoms with E-state index in [4.69, 9.17) is 16.3 Å². The molecule has 0 bridgehead atoms. The minimum atomic E-state index is -0.835. The minimum absolute atomic E-state index is 0.430. The van der Waals surface area contributed by atoms with Gasteiger partial charge in [0.05, 0.1) is 13.0 Å². The molecule has 3 nitrogen and oxygen atoms in total. The van der Waals surface area contributed by atoms with Crippen LogP contribution in [0.25, 0.3) is 0 Å². The number of rotatable bonds is 5. The summed E-state index contributed by atoms with van der Waals surface area (Å²) in [6.45, 7) is 1.90. The van der Waals surface area contributed by atoms with Crippen LogP contribution in [-0.4, -0.2) is 18.2 Å². The quantitative estimate of drug-likeness (QED) is 0.906. The minimum Gasteiger partial charge on any atom is -0.497 e. The van der Waals surface area contributed by atoms with Crippen LogP contribution in [0.5, 0.6) is 5.75 Å². The Bertz CT molecular complexity index is 635. The number of carboxylic acid groups (broad SMARTS) is 1. The van der Waals surface area contributed by atoms with Crippen LogP contribution in [0, 0.1) is 6.92 Å². The predicted octanol–water partition coefficient (Wildman–Crippen LogP) is 4.07. The topological polar surface area (TPSA) is 46.5 Å². The van der Waals surface area contributed by atoms with Gasteiger partial charge in [-0.1, -0.05) is 29.8 Å². The van der Waals surface area contributed by atoms with Crippen molar-refractivity contribution in [3.05, 3.63) is 64.2 Å². The van der Waals surface area contributed by atoms with E-state index in [-0.39, 0.29) is 0 Å². The third kappa shape index (κ3) is 3.76. The van der Waals surface area contributed by atoms with E-state index in [1.165, 1.54) is 0 Å². The lowest BCUT2D eigenvalue weighted by Crippen LogP contribution is -2.15. The molecule has 2 rings (SSSR count). The molecule has 0 amide bonds. The average molecular weight is 305 g/mol. The summed E-state index contributed by atoms with van der Waals surface area (Å²) in [6.07, 6.45) is 0.430. The van der Waals surface area contributed by atoms with E-state index in [1.54, 1.807) is 25.3 Å². The first kappa shape index (κ1) is 15.4. The third-order valence-electron chi connectivity index (χ3n) is 3.50. The molecule has 0 aliphatic carbocycles. The fourth-order valence-corrected chi connectivity index (χ4v) is 2.48. The fourth-order valence-electron chi connectivity index (χ4n) is 2.35. The van der Waals surface area contributed by atoms with Gasteiger partial charge in [0.25, 0.3) is 0 Å². The standard InChI is InChI=1S/C17H17ClO3/c1-11-9-14(21-2)7-8-15(11)16(17(19)20)10-12-3-5-13(18)6-4-12/h3-9,16H,10H2,1-2H3,(H,19,20). The fraction of sp³-hybridized carbons (Fsp3) is 0.235. The molecule has 0 radical (unpaired) electrons. The molecule has 21 heavy (non-hydrogen) atoms. The van der Waals surface area contributed by atoms with Crippen LogP contribution < -0.4 is 4.74 Å². The summed E-state index contributed by atoms with van der Waals surface area (Å²) >= 11 is 5.86. The monoisotopic (exact) mass is 304 g/mol. The smallest absolute Gasteiger partial charge is 0.311 e. The molecule has 4 heteroatoms. The third-order valence-corrected chi connectivity index (χ3v) is 3.76. The van der Waals surface area contributed by atoms with E-state index >= 15 is 0 Å². The van der Waals surface area contributed by atoms with Crippen molar-refractivity contribution in [2.75, 3.05) is 7.11 Å². The molecule has 0 fully saturated rings. The van der Waals surface area contributed by atoms with Crippen molar-refractivity contribution in [2.45, 2.75) is 19.3 Å². The Labute approximate surface area is 129 Å². The molecule has 0 aromatic heterocycles. The number of carbonyl (C=O) groups is 1. The van der Waals surface area contributed by atoms with Crippen LogP contribution in [0.15, 0.2) is 42.5 Å². The molecule has 110 valence electrons. The van der Waals surface area contributed by atoms with E-state index in [0.29, 0.717) is 11.4 Å². The number of hydrogen-bond acceptors (Lipinski definition) is 2. The second-order valence-corrected chi connectivity index (χ2v) is 5.38. The second-order valence-electron chi connectivity index (χ2n) is 4.94. The molecule has 0 aliphatic heterocycles. The molecule has 0 spiro atoms. The summed E-state index contributed by atoms with van der Waals surface area (Å²) in [5.74, 6) is -0.692. The highest BCUT2D eigenvalue weighted by Gasteiger charge is 2.22. The molecule has 1 unspecified atom stereocenters. The summed E-state index contributed by atoms with van der Waals surface area (Å²) in [6, 6.07) is 12.7. The van der Waals surface area contributed by atoms with E-state index in [1.807, 2.05) is 31.2 Å². The molecule has 0 heterocycles. The number of methoxy groups -OCH3 is 1. The van der Waals surface area contributed by atoms with Gasteiger partial charge in [-0.15, -0.1) is 0 Å². The number of ether oxygens (including phenoxy) is 1. The van der Waals surface area contributed by atoms with Crippen molar-refractivity contribution < 1.29 is 14.6 Å². The summed E-state index contributed by atoms with van der Waals surface area (Å²) < 4.78 is 5.16. The first-order chi connectivity index (χ1) is 10.0. The molecule has 1 N–H and O–H groups in total. The van der Waals surface area contributed by atoms with Gasteiger partial charge in [0, 0.05) is 5.02 Å². The molecule has 0 saturated carbocycles. The Balaban J connectivity index is 2.31. The molecule has 2 aromatic carbocycles. The summed E-state index contributed by atoms with van der Waals surface area (Å²) in [5.41, 5.74) is 2.66. The Morgan fingerprint density at radius 3 is 2.43 bits per heavy atom. The number of halogens is 1. The SMILES string of the molecule is COc1ccc(C(Cc2ccc(Cl)cc2)C(=O)O)c(C)c1. The van der Waals surface area contributed by atoms with Gasteiger partial charge in [-0.25, -0.2) is 0 Å². The maximum absolute atomic E-state index is 11.6. The number of aliphatic carboxylic acids is 1. The largest absolute Gasteiger partial charge is 0.497 e. The number of benzene rings is 2. The molecule has 0 saturated heterocycles. The van der Waals surface area contributed by atoms with Crippen molar-refractivity contribution in [1.82, 2.24) is 0 Å². The van der Waals surface area contributed by atoms with E-state index in [9.17, 15) is 9.90 Å². The van der Waals surface area contributed by atoms with Gasteiger partial charge in [-0.05, 0) is 54.3 Å². The van der Waals surface area contributed by atoms with Gasteiger partial charge in [0.1, 0.15) is 5.75 Å². The van der Waals surface area contributed by atoms with Crippen LogP contribution >= 0.6 is 11.6 Å². The highest BCUT2D eigenvalue weighted by atomic mass is 35.5. The zero-order valence-corrected chi connectivity index (χ0v) is 12.7. The van der Waals surface area contributed by atoms with E-state index in [0.717, 1.165) is 22.4 Å². The second kappa shape index (κ2) is 6.64. The predicted molar refractivity (Wildman–Crippen MR) is 83.3 cm³/mol. The van der Waals surface area contributed by atoms with Gasteiger partial charge >= 0.3 is 5.97 Å². The van der Waals surface area contributed by atoms with Crippen molar-refractivity contribution >= 4 is 17.6 Å². The van der Waals surface area contributed by atoms with Crippen LogP contribution in [0.1, 0.15) is 22.6 Å². The van der Waals surface area contributed by atoms with Crippen molar-refractivity contribution in [1.29, 1.82) is 0 Å². The molecule has 1 atom stereocenters. The van der Waals surface area contributed by atoms with E-state index < -0.39 is 11.9 Å². The summed E-state index contributed by atoms with van der Waals surface area (Å²) in [4.78, 5) is 11.6. The number of aryl methyl sites for hydroxylation is 1.